The fraction of sp³-hybridized carbons (Fsp3) is 0.500. The van der Waals surface area contributed by atoms with Crippen LogP contribution in [-0.4, -0.2) is 30.8 Å². The Morgan fingerprint density at radius 3 is 2.29 bits per heavy atom. The van der Waals surface area contributed by atoms with Gasteiger partial charge < -0.3 is 19.7 Å². The fourth-order valence-electron chi connectivity index (χ4n) is 6.99. The summed E-state index contributed by atoms with van der Waals surface area (Å²) in [5.41, 5.74) is 1.73. The quantitative estimate of drug-likeness (QED) is 0.170. The molecular formula is C32H36Cl3N3O6S. The minimum atomic E-state index is -2.96. The number of nitrogens with zero attached hydrogens (tertiary/aromatic N) is 1. The summed E-state index contributed by atoms with van der Waals surface area (Å²) in [5, 5.41) is 20.0. The van der Waals surface area contributed by atoms with Gasteiger partial charge in [-0.15, -0.1) is 0 Å². The normalized spacial score (nSPS) is 25.2. The summed E-state index contributed by atoms with van der Waals surface area (Å²) < 4.78 is 35.3. The van der Waals surface area contributed by atoms with Crippen molar-refractivity contribution in [3.05, 3.63) is 68.4 Å². The van der Waals surface area contributed by atoms with Crippen molar-refractivity contribution < 1.29 is 27.6 Å². The molecule has 0 aliphatic heterocycles. The Balaban J connectivity index is 1.06. The van der Waals surface area contributed by atoms with Crippen LogP contribution in [0.5, 0.6) is 5.75 Å². The summed E-state index contributed by atoms with van der Waals surface area (Å²) >= 11 is 19.7. The Kier molecular flexibility index (Phi) is 9.87. The van der Waals surface area contributed by atoms with E-state index in [1.807, 2.05) is 16.9 Å². The number of thiol groups is 1. The van der Waals surface area contributed by atoms with E-state index in [-0.39, 0.29) is 12.6 Å². The highest BCUT2D eigenvalue weighted by atomic mass is 35.5. The molecule has 0 bridgehead atoms. The fourth-order valence-corrected chi connectivity index (χ4v) is 8.14. The molecular weight excluding hydrogens is 661 g/mol. The number of nitrogens with one attached hydrogen (secondary N) is 2. The standard InChI is InChI=1S/C32H36Cl3N3O6S/c33-25-8-3-9-26(34)28(25)29-23(30(44-37-29)19-10-11-19)17-43-22-12-13-24(27(35)14-22)32(40)15-20(16-32)18-4-1-6-21(7-2-5-18)36-31(39)38-45(41)42/h3,8-9,12-14,18-21,40,45H,1-2,4-7,10-11,15-17H2,(H2,36,38,39,41,42). The first kappa shape index (κ1) is 32.4. The second kappa shape index (κ2) is 13.7. The van der Waals surface area contributed by atoms with Crippen LogP contribution >= 0.6 is 34.8 Å². The molecule has 0 atom stereocenters. The number of carbonyl (C=O) groups is 1. The van der Waals surface area contributed by atoms with E-state index in [4.69, 9.17) is 44.1 Å². The molecule has 0 saturated heterocycles. The van der Waals surface area contributed by atoms with Gasteiger partial charge in [0.05, 0.1) is 26.2 Å². The molecule has 242 valence electrons. The van der Waals surface area contributed by atoms with E-state index < -0.39 is 22.5 Å². The van der Waals surface area contributed by atoms with Gasteiger partial charge in [0.2, 0.25) is 10.9 Å². The van der Waals surface area contributed by atoms with Gasteiger partial charge in [0.25, 0.3) is 0 Å². The van der Waals surface area contributed by atoms with Crippen LogP contribution in [0, 0.1) is 11.8 Å². The number of amides is 2. The number of rotatable bonds is 9. The summed E-state index contributed by atoms with van der Waals surface area (Å²) in [6.07, 6.45) is 8.82. The van der Waals surface area contributed by atoms with Gasteiger partial charge in [-0.2, -0.15) is 0 Å². The van der Waals surface area contributed by atoms with Gasteiger partial charge in [0.15, 0.2) is 0 Å². The molecule has 3 aliphatic carbocycles. The minimum Gasteiger partial charge on any atom is -0.489 e. The summed E-state index contributed by atoms with van der Waals surface area (Å²) in [7, 11) is -2.96. The zero-order chi connectivity index (χ0) is 31.7. The lowest BCUT2D eigenvalue weighted by molar-refractivity contribution is -0.101. The maximum absolute atomic E-state index is 11.8. The molecule has 9 nitrogen and oxygen atoms in total. The highest BCUT2D eigenvalue weighted by Gasteiger charge is 2.47. The van der Waals surface area contributed by atoms with Crippen LogP contribution in [0.2, 0.25) is 15.1 Å². The average Bonchev–Trinajstić information content (AvgIpc) is 3.71. The van der Waals surface area contributed by atoms with Crippen LogP contribution in [0.25, 0.3) is 11.3 Å². The third-order valence-corrected chi connectivity index (χ3v) is 10.8. The Labute approximate surface area is 279 Å². The number of aromatic nitrogens is 1. The number of carbonyl (C=O) groups excluding carboxylic acids is 1. The molecule has 0 radical (unpaired) electrons. The number of hydrogen-bond acceptors (Lipinski definition) is 7. The SMILES string of the molecule is O=C(NC1CCCC(C2CC(O)(c3ccc(OCc4c(-c5c(Cl)cccc5Cl)noc4C4CC4)cc3Cl)C2)CCC1)N[SH](=O)=O. The van der Waals surface area contributed by atoms with Crippen LogP contribution in [-0.2, 0) is 23.1 Å². The first-order valence-corrected chi connectivity index (χ1v) is 17.7. The lowest BCUT2D eigenvalue weighted by Crippen LogP contribution is -2.45. The number of benzene rings is 2. The van der Waals surface area contributed by atoms with Crippen molar-refractivity contribution in [1.29, 1.82) is 0 Å². The van der Waals surface area contributed by atoms with E-state index in [2.05, 4.69) is 10.5 Å². The van der Waals surface area contributed by atoms with E-state index in [0.717, 1.165) is 62.7 Å². The van der Waals surface area contributed by atoms with Crippen molar-refractivity contribution in [3.63, 3.8) is 0 Å². The van der Waals surface area contributed by atoms with Gasteiger partial charge in [-0.1, -0.05) is 77.8 Å². The Hall–Kier alpha value is -2.50. The molecule has 3 saturated carbocycles. The molecule has 0 spiro atoms. The highest BCUT2D eigenvalue weighted by molar-refractivity contribution is 7.70. The molecule has 1 heterocycles. The van der Waals surface area contributed by atoms with Crippen molar-refractivity contribution in [1.82, 2.24) is 15.2 Å². The molecule has 3 fully saturated rings. The molecule has 6 rings (SSSR count). The first-order chi connectivity index (χ1) is 21.6. The van der Waals surface area contributed by atoms with Crippen molar-refractivity contribution in [2.24, 2.45) is 11.8 Å². The van der Waals surface area contributed by atoms with Crippen molar-refractivity contribution in [3.8, 4) is 17.0 Å². The van der Waals surface area contributed by atoms with E-state index in [1.165, 1.54) is 0 Å². The Morgan fingerprint density at radius 1 is 0.978 bits per heavy atom. The van der Waals surface area contributed by atoms with Gasteiger partial charge in [0.1, 0.15) is 23.8 Å². The predicted molar refractivity (Wildman–Crippen MR) is 173 cm³/mol. The largest absolute Gasteiger partial charge is 0.489 e. The average molecular weight is 697 g/mol. The van der Waals surface area contributed by atoms with Gasteiger partial charge in [-0.3, -0.25) is 0 Å². The first-order valence-electron chi connectivity index (χ1n) is 15.4. The molecule has 0 unspecified atom stereocenters. The zero-order valence-electron chi connectivity index (χ0n) is 24.6. The van der Waals surface area contributed by atoms with Crippen LogP contribution in [0.15, 0.2) is 40.9 Å². The summed E-state index contributed by atoms with van der Waals surface area (Å²) in [5.74, 6) is 2.55. The van der Waals surface area contributed by atoms with Crippen molar-refractivity contribution in [2.45, 2.75) is 88.4 Å². The molecule has 45 heavy (non-hydrogen) atoms. The molecule has 13 heteroatoms. The number of aliphatic hydroxyl groups is 1. The molecule has 1 aromatic heterocycles. The number of ether oxygens (including phenoxy) is 1. The van der Waals surface area contributed by atoms with E-state index in [0.29, 0.717) is 68.2 Å². The second-order valence-electron chi connectivity index (χ2n) is 12.5. The summed E-state index contributed by atoms with van der Waals surface area (Å²) in [6.45, 7) is 0.204. The Bertz CT molecular complexity index is 1600. The predicted octanol–water partition coefficient (Wildman–Crippen LogP) is 7.52. The summed E-state index contributed by atoms with van der Waals surface area (Å²) in [4.78, 5) is 11.8. The smallest absolute Gasteiger partial charge is 0.328 e. The second-order valence-corrected chi connectivity index (χ2v) is 14.5. The molecule has 2 aromatic carbocycles. The van der Waals surface area contributed by atoms with Gasteiger partial charge in [0, 0.05) is 23.1 Å². The van der Waals surface area contributed by atoms with Crippen LogP contribution in [0.3, 0.4) is 0 Å². The van der Waals surface area contributed by atoms with Crippen molar-refractivity contribution >= 4 is 51.7 Å². The van der Waals surface area contributed by atoms with Crippen LogP contribution in [0.4, 0.5) is 4.79 Å². The third kappa shape index (κ3) is 7.41. The highest BCUT2D eigenvalue weighted by Crippen LogP contribution is 2.53. The molecule has 3 aromatic rings. The summed E-state index contributed by atoms with van der Waals surface area (Å²) in [6, 6.07) is 10.1. The maximum atomic E-state index is 11.8. The third-order valence-electron chi connectivity index (χ3n) is 9.44. The minimum absolute atomic E-state index is 0.0376. The van der Waals surface area contributed by atoms with Crippen LogP contribution in [0.1, 0.15) is 87.0 Å². The van der Waals surface area contributed by atoms with Crippen LogP contribution < -0.4 is 14.8 Å². The van der Waals surface area contributed by atoms with E-state index >= 15 is 0 Å². The number of hydrogen-bond donors (Lipinski definition) is 4. The molecule has 3 aliphatic rings. The number of urea groups is 1. The topological polar surface area (TPSA) is 131 Å². The molecule has 3 N–H and O–H groups in total. The monoisotopic (exact) mass is 695 g/mol. The maximum Gasteiger partial charge on any atom is 0.328 e. The lowest BCUT2D eigenvalue weighted by Gasteiger charge is -2.48. The van der Waals surface area contributed by atoms with Gasteiger partial charge >= 0.3 is 6.03 Å². The zero-order valence-corrected chi connectivity index (χ0v) is 27.7. The van der Waals surface area contributed by atoms with Crippen molar-refractivity contribution in [2.75, 3.05) is 0 Å². The Morgan fingerprint density at radius 2 is 1.67 bits per heavy atom. The van der Waals surface area contributed by atoms with E-state index in [9.17, 15) is 18.3 Å². The van der Waals surface area contributed by atoms with E-state index in [1.54, 1.807) is 24.3 Å². The lowest BCUT2D eigenvalue weighted by atomic mass is 9.61. The molecule has 2 amide bonds. The van der Waals surface area contributed by atoms with Gasteiger partial charge in [-0.05, 0) is 74.6 Å². The number of halogens is 3. The van der Waals surface area contributed by atoms with Gasteiger partial charge in [-0.25, -0.2) is 17.9 Å².